The normalized spacial score (nSPS) is 15.4. The van der Waals surface area contributed by atoms with Crippen LogP contribution in [0, 0.1) is 0 Å². The molecule has 0 spiro atoms. The molecule has 0 bridgehead atoms. The van der Waals surface area contributed by atoms with Crippen molar-refractivity contribution in [2.45, 2.75) is 25.6 Å². The number of hydrogen-bond donors (Lipinski definition) is 1. The minimum Gasteiger partial charge on any atom is -0.489 e. The summed E-state index contributed by atoms with van der Waals surface area (Å²) < 4.78 is 12.2. The molecule has 4 aromatic rings. The molecule has 1 amide bonds. The number of aromatic nitrogens is 3. The van der Waals surface area contributed by atoms with Crippen LogP contribution >= 0.6 is 11.6 Å². The zero-order valence-corrected chi connectivity index (χ0v) is 22.8. The quantitative estimate of drug-likeness (QED) is 0.316. The fraction of sp³-hybridized carbons (Fsp3) is 0.310. The molecule has 2 aromatic heterocycles. The number of rotatable bonds is 9. The summed E-state index contributed by atoms with van der Waals surface area (Å²) >= 11 is 6.51. The molecular weight excluding hydrogens is 516 g/mol. The van der Waals surface area contributed by atoms with E-state index in [4.69, 9.17) is 21.1 Å². The molecule has 1 saturated heterocycles. The van der Waals surface area contributed by atoms with Crippen molar-refractivity contribution in [1.82, 2.24) is 24.8 Å². The van der Waals surface area contributed by atoms with Gasteiger partial charge in [0.15, 0.2) is 0 Å². The molecule has 0 unspecified atom stereocenters. The van der Waals surface area contributed by atoms with Gasteiger partial charge in [-0.3, -0.25) is 9.78 Å². The number of carbonyl (C=O) groups excluding carboxylic acids is 1. The number of fused-ring (bicyclic) bond motifs is 1. The second-order valence-electron chi connectivity index (χ2n) is 9.74. The highest BCUT2D eigenvalue weighted by atomic mass is 35.5. The van der Waals surface area contributed by atoms with Crippen molar-refractivity contribution in [3.63, 3.8) is 0 Å². The molecule has 1 atom stereocenters. The predicted molar refractivity (Wildman–Crippen MR) is 152 cm³/mol. The number of likely N-dealkylation sites (tertiary alicyclic amines) is 1. The fourth-order valence-corrected chi connectivity index (χ4v) is 4.74. The van der Waals surface area contributed by atoms with E-state index in [0.717, 1.165) is 41.7 Å². The fourth-order valence-electron chi connectivity index (χ4n) is 4.50. The Kier molecular flexibility index (Phi) is 8.39. The maximum atomic E-state index is 12.5. The van der Waals surface area contributed by atoms with Gasteiger partial charge < -0.3 is 24.6 Å². The van der Waals surface area contributed by atoms with E-state index in [2.05, 4.69) is 20.3 Å². The molecule has 9 nitrogen and oxygen atoms in total. The third kappa shape index (κ3) is 6.93. The Morgan fingerprint density at radius 3 is 2.82 bits per heavy atom. The number of benzene rings is 2. The highest BCUT2D eigenvalue weighted by molar-refractivity contribution is 6.32. The van der Waals surface area contributed by atoms with Gasteiger partial charge in [0.05, 0.1) is 29.3 Å². The molecule has 0 radical (unpaired) electrons. The van der Waals surface area contributed by atoms with Crippen molar-refractivity contribution >= 4 is 39.9 Å². The van der Waals surface area contributed by atoms with Gasteiger partial charge in [-0.25, -0.2) is 9.97 Å². The summed E-state index contributed by atoms with van der Waals surface area (Å²) in [5, 5.41) is 4.64. The first-order valence-corrected chi connectivity index (χ1v) is 13.3. The van der Waals surface area contributed by atoms with Crippen LogP contribution in [0.15, 0.2) is 67.1 Å². The van der Waals surface area contributed by atoms with Crippen LogP contribution in [-0.4, -0.2) is 70.5 Å². The Morgan fingerprint density at radius 2 is 2.03 bits per heavy atom. The highest BCUT2D eigenvalue weighted by Gasteiger charge is 2.25. The average Bonchev–Trinajstić information content (AvgIpc) is 2.93. The number of likely N-dealkylation sites (N-methyl/N-ethyl adjacent to an activating group) is 1. The first kappa shape index (κ1) is 26.6. The van der Waals surface area contributed by atoms with Crippen LogP contribution in [0.3, 0.4) is 0 Å². The number of piperidine rings is 1. The van der Waals surface area contributed by atoms with Gasteiger partial charge in [-0.05, 0) is 75.5 Å². The topological polar surface area (TPSA) is 92.7 Å². The molecular formula is C29H31ClN6O3. The van der Waals surface area contributed by atoms with E-state index >= 15 is 0 Å². The van der Waals surface area contributed by atoms with E-state index in [1.54, 1.807) is 12.3 Å². The molecule has 0 aliphatic carbocycles. The molecule has 3 heterocycles. The lowest BCUT2D eigenvalue weighted by Gasteiger charge is -2.33. The van der Waals surface area contributed by atoms with E-state index in [0.29, 0.717) is 42.0 Å². The number of nitrogens with one attached hydrogen (secondary N) is 1. The van der Waals surface area contributed by atoms with Crippen LogP contribution in [0.4, 0.5) is 11.5 Å². The van der Waals surface area contributed by atoms with Crippen molar-refractivity contribution in [2.75, 3.05) is 39.0 Å². The first-order valence-electron chi connectivity index (χ1n) is 12.9. The SMILES string of the molecule is CN(C)CC(=O)N1CCC[C@H](Oc2ccc3ncnc(Nc4ccc(OCc5ccccn5)c(Cl)c4)c3c2)C1. The number of amides is 1. The summed E-state index contributed by atoms with van der Waals surface area (Å²) in [6.07, 6.45) is 4.99. The molecule has 5 rings (SSSR count). The average molecular weight is 547 g/mol. The highest BCUT2D eigenvalue weighted by Crippen LogP contribution is 2.32. The monoisotopic (exact) mass is 546 g/mol. The second kappa shape index (κ2) is 12.3. The van der Waals surface area contributed by atoms with Gasteiger partial charge in [0.2, 0.25) is 5.91 Å². The van der Waals surface area contributed by atoms with Gasteiger partial charge in [-0.1, -0.05) is 17.7 Å². The van der Waals surface area contributed by atoms with Gasteiger partial charge in [-0.2, -0.15) is 0 Å². The molecule has 1 aliphatic heterocycles. The minimum atomic E-state index is -0.0687. The van der Waals surface area contributed by atoms with E-state index < -0.39 is 0 Å². The number of nitrogens with zero attached hydrogens (tertiary/aromatic N) is 5. The molecule has 2 aromatic carbocycles. The van der Waals surface area contributed by atoms with Gasteiger partial charge in [0.25, 0.3) is 0 Å². The minimum absolute atomic E-state index is 0.0687. The van der Waals surface area contributed by atoms with Crippen molar-refractivity contribution in [1.29, 1.82) is 0 Å². The van der Waals surface area contributed by atoms with Gasteiger partial charge in [0, 0.05) is 23.8 Å². The standard InChI is InChI=1S/C29H31ClN6O3/c1-35(2)17-28(37)36-13-5-7-23(16-36)39-22-9-10-26-24(15-22)29(33-19-32-26)34-20-8-11-27(25(30)14-20)38-18-21-6-3-4-12-31-21/h3-4,6,8-12,14-15,19,23H,5,7,13,16-18H2,1-2H3,(H,32,33,34)/t23-/m0/s1. The Labute approximate surface area is 232 Å². The zero-order chi connectivity index (χ0) is 27.2. The molecule has 39 heavy (non-hydrogen) atoms. The largest absolute Gasteiger partial charge is 0.489 e. The van der Waals surface area contributed by atoms with Crippen molar-refractivity contribution < 1.29 is 14.3 Å². The van der Waals surface area contributed by atoms with Crippen LogP contribution in [0.2, 0.25) is 5.02 Å². The third-order valence-electron chi connectivity index (χ3n) is 6.39. The summed E-state index contributed by atoms with van der Waals surface area (Å²) in [5.74, 6) is 2.04. The number of hydrogen-bond acceptors (Lipinski definition) is 8. The third-order valence-corrected chi connectivity index (χ3v) is 6.68. The maximum absolute atomic E-state index is 12.5. The van der Waals surface area contributed by atoms with Crippen LogP contribution in [0.25, 0.3) is 10.9 Å². The lowest BCUT2D eigenvalue weighted by atomic mass is 10.1. The summed E-state index contributed by atoms with van der Waals surface area (Å²) in [6.45, 7) is 2.07. The number of ether oxygens (including phenoxy) is 2. The first-order chi connectivity index (χ1) is 18.9. The van der Waals surface area contributed by atoms with Crippen molar-refractivity contribution in [2.24, 2.45) is 0 Å². The molecule has 202 valence electrons. The molecule has 0 saturated carbocycles. The maximum Gasteiger partial charge on any atom is 0.236 e. The van der Waals surface area contributed by atoms with Gasteiger partial charge in [0.1, 0.15) is 36.4 Å². The van der Waals surface area contributed by atoms with Crippen molar-refractivity contribution in [3.05, 3.63) is 77.8 Å². The lowest BCUT2D eigenvalue weighted by Crippen LogP contribution is -2.47. The molecule has 1 fully saturated rings. The Balaban J connectivity index is 1.28. The van der Waals surface area contributed by atoms with Crippen LogP contribution in [0.1, 0.15) is 18.5 Å². The number of pyridine rings is 1. The van der Waals surface area contributed by atoms with Gasteiger partial charge in [-0.15, -0.1) is 0 Å². The summed E-state index contributed by atoms with van der Waals surface area (Å²) in [6, 6.07) is 16.9. The second-order valence-corrected chi connectivity index (χ2v) is 10.1. The molecule has 1 aliphatic rings. The van der Waals surface area contributed by atoms with E-state index in [9.17, 15) is 4.79 Å². The summed E-state index contributed by atoms with van der Waals surface area (Å²) in [4.78, 5) is 29.4. The van der Waals surface area contributed by atoms with E-state index in [-0.39, 0.29) is 12.0 Å². The summed E-state index contributed by atoms with van der Waals surface area (Å²) in [7, 11) is 3.80. The molecule has 10 heteroatoms. The smallest absolute Gasteiger partial charge is 0.236 e. The number of halogens is 1. The van der Waals surface area contributed by atoms with Crippen LogP contribution in [0.5, 0.6) is 11.5 Å². The Morgan fingerprint density at radius 1 is 1.13 bits per heavy atom. The Bertz CT molecular complexity index is 1440. The van der Waals surface area contributed by atoms with Crippen molar-refractivity contribution in [3.8, 4) is 11.5 Å². The molecule has 1 N–H and O–H groups in total. The number of carbonyl (C=O) groups is 1. The van der Waals surface area contributed by atoms with E-state index in [1.807, 2.05) is 72.4 Å². The summed E-state index contributed by atoms with van der Waals surface area (Å²) in [5.41, 5.74) is 2.37. The predicted octanol–water partition coefficient (Wildman–Crippen LogP) is 4.93. The number of anilines is 2. The van der Waals surface area contributed by atoms with Gasteiger partial charge >= 0.3 is 0 Å². The van der Waals surface area contributed by atoms with Crippen LogP contribution < -0.4 is 14.8 Å². The van der Waals surface area contributed by atoms with Crippen LogP contribution in [-0.2, 0) is 11.4 Å². The zero-order valence-electron chi connectivity index (χ0n) is 22.0. The van der Waals surface area contributed by atoms with E-state index in [1.165, 1.54) is 6.33 Å². The lowest BCUT2D eigenvalue weighted by molar-refractivity contribution is -0.134. The Hall–Kier alpha value is -3.95.